The third-order valence-electron chi connectivity index (χ3n) is 3.60. The molecule has 0 bridgehead atoms. The molecule has 0 aliphatic carbocycles. The van der Waals surface area contributed by atoms with Gasteiger partial charge in [0.25, 0.3) is 0 Å². The highest BCUT2D eigenvalue weighted by Gasteiger charge is 2.25. The molecule has 1 fully saturated rings. The van der Waals surface area contributed by atoms with Crippen molar-refractivity contribution in [3.63, 3.8) is 0 Å². The van der Waals surface area contributed by atoms with Gasteiger partial charge in [-0.2, -0.15) is 0 Å². The van der Waals surface area contributed by atoms with Gasteiger partial charge in [-0.3, -0.25) is 0 Å². The van der Waals surface area contributed by atoms with Gasteiger partial charge < -0.3 is 10.2 Å². The molecule has 2 atom stereocenters. The van der Waals surface area contributed by atoms with E-state index in [1.807, 2.05) is 6.07 Å². The van der Waals surface area contributed by atoms with Crippen LogP contribution in [0.25, 0.3) is 0 Å². The quantitative estimate of drug-likeness (QED) is 0.868. The number of piperazine rings is 1. The van der Waals surface area contributed by atoms with Crippen LogP contribution in [0.3, 0.4) is 0 Å². The van der Waals surface area contributed by atoms with Crippen LogP contribution in [0.4, 0.5) is 10.1 Å². The summed E-state index contributed by atoms with van der Waals surface area (Å²) in [6.07, 6.45) is 2.20. The number of anilines is 1. The van der Waals surface area contributed by atoms with Gasteiger partial charge in [0.05, 0.1) is 0 Å². The molecule has 0 saturated carbocycles. The first-order valence-electron chi connectivity index (χ1n) is 6.50. The van der Waals surface area contributed by atoms with E-state index >= 15 is 0 Å². The smallest absolute Gasteiger partial charge is 0.125 e. The van der Waals surface area contributed by atoms with Gasteiger partial charge in [0.15, 0.2) is 0 Å². The molecular weight excluding hydrogens is 215 g/mol. The topological polar surface area (TPSA) is 15.3 Å². The Balaban J connectivity index is 2.20. The van der Waals surface area contributed by atoms with E-state index in [0.717, 1.165) is 31.6 Å². The molecule has 94 valence electrons. The average molecular weight is 236 g/mol. The zero-order valence-corrected chi connectivity index (χ0v) is 10.6. The first-order valence-corrected chi connectivity index (χ1v) is 6.50. The second-order valence-electron chi connectivity index (χ2n) is 4.71. The van der Waals surface area contributed by atoms with Crippen LogP contribution in [-0.2, 0) is 0 Å². The molecule has 1 saturated heterocycles. The number of nitrogens with zero attached hydrogens (tertiary/aromatic N) is 1. The van der Waals surface area contributed by atoms with Crippen molar-refractivity contribution in [3.05, 3.63) is 30.1 Å². The van der Waals surface area contributed by atoms with E-state index in [-0.39, 0.29) is 5.82 Å². The van der Waals surface area contributed by atoms with Gasteiger partial charge in [-0.25, -0.2) is 4.39 Å². The van der Waals surface area contributed by atoms with Crippen molar-refractivity contribution in [2.45, 2.75) is 38.8 Å². The third kappa shape index (κ3) is 2.78. The van der Waals surface area contributed by atoms with Crippen LogP contribution >= 0.6 is 0 Å². The van der Waals surface area contributed by atoms with Crippen molar-refractivity contribution in [2.24, 2.45) is 0 Å². The number of nitrogens with one attached hydrogen (secondary N) is 1. The lowest BCUT2D eigenvalue weighted by molar-refractivity contribution is 0.378. The van der Waals surface area contributed by atoms with Crippen molar-refractivity contribution in [1.29, 1.82) is 0 Å². The second-order valence-corrected chi connectivity index (χ2v) is 4.71. The van der Waals surface area contributed by atoms with Crippen molar-refractivity contribution < 1.29 is 4.39 Å². The van der Waals surface area contributed by atoms with Crippen molar-refractivity contribution in [3.8, 4) is 0 Å². The molecule has 2 rings (SSSR count). The Bertz CT molecular complexity index is 367. The van der Waals surface area contributed by atoms with Crippen molar-refractivity contribution in [1.82, 2.24) is 5.32 Å². The zero-order valence-electron chi connectivity index (χ0n) is 10.6. The molecule has 2 nitrogen and oxygen atoms in total. The lowest BCUT2D eigenvalue weighted by Crippen LogP contribution is -2.56. The molecule has 0 aromatic heterocycles. The fraction of sp³-hybridized carbons (Fsp3) is 0.571. The van der Waals surface area contributed by atoms with E-state index in [0.29, 0.717) is 12.1 Å². The minimum Gasteiger partial charge on any atom is -0.366 e. The van der Waals surface area contributed by atoms with Gasteiger partial charge >= 0.3 is 0 Å². The molecule has 1 N–H and O–H groups in total. The Kier molecular flexibility index (Phi) is 4.00. The summed E-state index contributed by atoms with van der Waals surface area (Å²) in [6.45, 7) is 6.34. The fourth-order valence-electron chi connectivity index (χ4n) is 2.47. The number of halogens is 1. The van der Waals surface area contributed by atoms with Gasteiger partial charge in [0, 0.05) is 30.9 Å². The van der Waals surface area contributed by atoms with E-state index < -0.39 is 0 Å². The van der Waals surface area contributed by atoms with Crippen LogP contribution in [0.2, 0.25) is 0 Å². The van der Waals surface area contributed by atoms with Gasteiger partial charge in [-0.1, -0.05) is 19.9 Å². The summed E-state index contributed by atoms with van der Waals surface area (Å²) in [5, 5.41) is 3.55. The van der Waals surface area contributed by atoms with Crippen molar-refractivity contribution in [2.75, 3.05) is 18.0 Å². The molecule has 0 spiro atoms. The highest BCUT2D eigenvalue weighted by Crippen LogP contribution is 2.22. The Labute approximate surface area is 103 Å². The predicted octanol–water partition coefficient (Wildman–Crippen LogP) is 2.79. The van der Waals surface area contributed by atoms with E-state index in [1.54, 1.807) is 12.1 Å². The van der Waals surface area contributed by atoms with Gasteiger partial charge in [0.2, 0.25) is 0 Å². The lowest BCUT2D eigenvalue weighted by Gasteiger charge is -2.41. The van der Waals surface area contributed by atoms with E-state index in [1.165, 1.54) is 6.07 Å². The van der Waals surface area contributed by atoms with Crippen LogP contribution < -0.4 is 10.2 Å². The van der Waals surface area contributed by atoms with Gasteiger partial charge in [-0.05, 0) is 31.0 Å². The summed E-state index contributed by atoms with van der Waals surface area (Å²) in [6, 6.07) is 7.93. The molecule has 0 amide bonds. The van der Waals surface area contributed by atoms with Crippen LogP contribution in [0.15, 0.2) is 24.3 Å². The zero-order chi connectivity index (χ0) is 12.3. The third-order valence-corrected chi connectivity index (χ3v) is 3.60. The number of hydrogen-bond acceptors (Lipinski definition) is 2. The standard InChI is InChI=1S/C14H21FN2/c1-3-12-10-17(13(4-2)9-16-12)14-7-5-6-11(15)8-14/h5-8,12-13,16H,3-4,9-10H2,1-2H3. The van der Waals surface area contributed by atoms with E-state index in [2.05, 4.69) is 24.1 Å². The normalized spacial score (nSPS) is 25.0. The maximum atomic E-state index is 13.3. The van der Waals surface area contributed by atoms with Crippen molar-refractivity contribution >= 4 is 5.69 Å². The Morgan fingerprint density at radius 1 is 1.35 bits per heavy atom. The second kappa shape index (κ2) is 5.50. The van der Waals surface area contributed by atoms with Gasteiger partial charge in [0.1, 0.15) is 5.82 Å². The maximum absolute atomic E-state index is 13.3. The monoisotopic (exact) mass is 236 g/mol. The molecule has 1 aromatic carbocycles. The lowest BCUT2D eigenvalue weighted by atomic mass is 10.0. The molecule has 1 aliphatic rings. The number of rotatable bonds is 3. The predicted molar refractivity (Wildman–Crippen MR) is 69.9 cm³/mol. The molecule has 2 unspecified atom stereocenters. The number of benzene rings is 1. The Hall–Kier alpha value is -1.09. The first kappa shape index (κ1) is 12.4. The largest absolute Gasteiger partial charge is 0.366 e. The Morgan fingerprint density at radius 2 is 2.18 bits per heavy atom. The molecule has 1 aliphatic heterocycles. The van der Waals surface area contributed by atoms with Crippen LogP contribution in [0, 0.1) is 5.82 Å². The Morgan fingerprint density at radius 3 is 2.82 bits per heavy atom. The van der Waals surface area contributed by atoms with Crippen LogP contribution in [-0.4, -0.2) is 25.2 Å². The molecular formula is C14H21FN2. The first-order chi connectivity index (χ1) is 8.24. The summed E-state index contributed by atoms with van der Waals surface area (Å²) >= 11 is 0. The van der Waals surface area contributed by atoms with E-state index in [4.69, 9.17) is 0 Å². The summed E-state index contributed by atoms with van der Waals surface area (Å²) in [5.74, 6) is -0.149. The highest BCUT2D eigenvalue weighted by molar-refractivity contribution is 5.48. The SMILES string of the molecule is CCC1CN(c2cccc(F)c2)C(CC)CN1. The average Bonchev–Trinajstić information content (AvgIpc) is 2.38. The van der Waals surface area contributed by atoms with Gasteiger partial charge in [-0.15, -0.1) is 0 Å². The maximum Gasteiger partial charge on any atom is 0.125 e. The summed E-state index contributed by atoms with van der Waals surface area (Å²) in [5.41, 5.74) is 1.01. The summed E-state index contributed by atoms with van der Waals surface area (Å²) < 4.78 is 13.3. The van der Waals surface area contributed by atoms with Crippen LogP contribution in [0.5, 0.6) is 0 Å². The van der Waals surface area contributed by atoms with Crippen LogP contribution in [0.1, 0.15) is 26.7 Å². The molecule has 3 heteroatoms. The molecule has 1 aromatic rings. The minimum atomic E-state index is -0.149. The molecule has 0 radical (unpaired) electrons. The highest BCUT2D eigenvalue weighted by atomic mass is 19.1. The molecule has 1 heterocycles. The van der Waals surface area contributed by atoms with E-state index in [9.17, 15) is 4.39 Å². The fourth-order valence-corrected chi connectivity index (χ4v) is 2.47. The summed E-state index contributed by atoms with van der Waals surface area (Å²) in [4.78, 5) is 2.34. The molecule has 17 heavy (non-hydrogen) atoms. The number of hydrogen-bond donors (Lipinski definition) is 1. The summed E-state index contributed by atoms with van der Waals surface area (Å²) in [7, 11) is 0. The minimum absolute atomic E-state index is 0.149.